The fraction of sp³-hybridized carbons (Fsp3) is 0.312. The Bertz CT molecular complexity index is 661. The zero-order valence-corrected chi connectivity index (χ0v) is 13.0. The molecule has 1 heterocycles. The van der Waals surface area contributed by atoms with Crippen molar-refractivity contribution in [3.63, 3.8) is 0 Å². The molecule has 0 bridgehead atoms. The average molecular weight is 300 g/mol. The summed E-state index contributed by atoms with van der Waals surface area (Å²) >= 11 is 0. The first-order valence-corrected chi connectivity index (χ1v) is 7.07. The summed E-state index contributed by atoms with van der Waals surface area (Å²) in [4.78, 5) is 23.5. The van der Waals surface area contributed by atoms with Gasteiger partial charge in [-0.25, -0.2) is 0 Å². The van der Waals surface area contributed by atoms with Crippen LogP contribution in [-0.2, 0) is 16.6 Å². The lowest BCUT2D eigenvalue weighted by molar-refractivity contribution is -0.120. The number of benzene rings is 1. The molecule has 1 aromatic heterocycles. The van der Waals surface area contributed by atoms with Gasteiger partial charge in [-0.05, 0) is 12.5 Å². The summed E-state index contributed by atoms with van der Waals surface area (Å²) in [5.41, 5.74) is 2.03. The Hall–Kier alpha value is -2.63. The molecule has 1 unspecified atom stereocenters. The molecule has 0 spiro atoms. The number of nitrogens with zero attached hydrogens (tertiary/aromatic N) is 2. The van der Waals surface area contributed by atoms with Crippen molar-refractivity contribution in [2.75, 3.05) is 5.32 Å². The van der Waals surface area contributed by atoms with Gasteiger partial charge in [0, 0.05) is 26.2 Å². The van der Waals surface area contributed by atoms with Crippen molar-refractivity contribution in [2.24, 2.45) is 7.05 Å². The molecule has 0 aliphatic carbocycles. The van der Waals surface area contributed by atoms with Crippen molar-refractivity contribution in [2.45, 2.75) is 26.3 Å². The van der Waals surface area contributed by atoms with Gasteiger partial charge in [0.05, 0.1) is 12.5 Å². The summed E-state index contributed by atoms with van der Waals surface area (Å²) in [7, 11) is 1.78. The van der Waals surface area contributed by atoms with E-state index in [-0.39, 0.29) is 24.3 Å². The number of rotatable bonds is 5. The van der Waals surface area contributed by atoms with Gasteiger partial charge in [-0.2, -0.15) is 5.10 Å². The highest BCUT2D eigenvalue weighted by molar-refractivity contribution is 5.90. The van der Waals surface area contributed by atoms with E-state index in [1.165, 1.54) is 6.92 Å². The van der Waals surface area contributed by atoms with Crippen molar-refractivity contribution in [1.29, 1.82) is 0 Å². The van der Waals surface area contributed by atoms with Crippen molar-refractivity contribution in [3.8, 4) is 0 Å². The summed E-state index contributed by atoms with van der Waals surface area (Å²) < 4.78 is 1.61. The molecule has 0 radical (unpaired) electrons. The second-order valence-corrected chi connectivity index (χ2v) is 5.29. The molecule has 2 amide bonds. The van der Waals surface area contributed by atoms with Crippen LogP contribution in [0.25, 0.3) is 0 Å². The highest BCUT2D eigenvalue weighted by Crippen LogP contribution is 2.18. The van der Waals surface area contributed by atoms with Gasteiger partial charge in [-0.1, -0.05) is 29.8 Å². The Morgan fingerprint density at radius 2 is 1.91 bits per heavy atom. The predicted octanol–water partition coefficient (Wildman–Crippen LogP) is 1.93. The zero-order chi connectivity index (χ0) is 16.1. The van der Waals surface area contributed by atoms with Gasteiger partial charge in [0.1, 0.15) is 0 Å². The lowest BCUT2D eigenvalue weighted by Crippen LogP contribution is -2.29. The molecule has 0 aliphatic heterocycles. The van der Waals surface area contributed by atoms with Gasteiger partial charge >= 0.3 is 0 Å². The first-order valence-electron chi connectivity index (χ1n) is 7.07. The first-order chi connectivity index (χ1) is 10.4. The zero-order valence-electron chi connectivity index (χ0n) is 13.0. The smallest absolute Gasteiger partial charge is 0.227 e. The molecule has 0 aliphatic rings. The van der Waals surface area contributed by atoms with Crippen molar-refractivity contribution in [1.82, 2.24) is 15.1 Å². The maximum absolute atomic E-state index is 12.1. The molecule has 0 fully saturated rings. The van der Waals surface area contributed by atoms with Crippen LogP contribution < -0.4 is 10.6 Å². The van der Waals surface area contributed by atoms with E-state index >= 15 is 0 Å². The van der Waals surface area contributed by atoms with Crippen LogP contribution in [0.2, 0.25) is 0 Å². The largest absolute Gasteiger partial charge is 0.349 e. The Balaban J connectivity index is 2.07. The molecule has 2 rings (SSSR count). The van der Waals surface area contributed by atoms with E-state index < -0.39 is 0 Å². The predicted molar refractivity (Wildman–Crippen MR) is 84.2 cm³/mol. The lowest BCUT2D eigenvalue weighted by atomic mass is 10.0. The second kappa shape index (κ2) is 6.89. The number of nitrogens with one attached hydrogen (secondary N) is 2. The first kappa shape index (κ1) is 15.8. The molecule has 116 valence electrons. The highest BCUT2D eigenvalue weighted by Gasteiger charge is 2.17. The molecule has 0 saturated heterocycles. The quantitative estimate of drug-likeness (QED) is 0.886. The number of carbonyl (C=O) groups excluding carboxylic acids is 2. The summed E-state index contributed by atoms with van der Waals surface area (Å²) in [6.07, 6.45) is 1.90. The van der Waals surface area contributed by atoms with Crippen molar-refractivity contribution in [3.05, 3.63) is 47.7 Å². The van der Waals surface area contributed by atoms with E-state index in [2.05, 4.69) is 15.7 Å². The Morgan fingerprint density at radius 3 is 2.45 bits per heavy atom. The summed E-state index contributed by atoms with van der Waals surface area (Å²) in [6.45, 7) is 3.43. The van der Waals surface area contributed by atoms with Gasteiger partial charge < -0.3 is 10.6 Å². The lowest BCUT2D eigenvalue weighted by Gasteiger charge is -2.18. The summed E-state index contributed by atoms with van der Waals surface area (Å²) in [5.74, 6) is 0.132. The second-order valence-electron chi connectivity index (χ2n) is 5.29. The topological polar surface area (TPSA) is 76.0 Å². The third-order valence-electron chi connectivity index (χ3n) is 3.23. The minimum atomic E-state index is -0.359. The van der Waals surface area contributed by atoms with E-state index in [1.807, 2.05) is 31.2 Å². The van der Waals surface area contributed by atoms with Gasteiger partial charge in [0.2, 0.25) is 11.8 Å². The summed E-state index contributed by atoms with van der Waals surface area (Å²) in [5, 5.41) is 9.64. The van der Waals surface area contributed by atoms with Crippen molar-refractivity contribution >= 4 is 17.6 Å². The highest BCUT2D eigenvalue weighted by atomic mass is 16.2. The van der Waals surface area contributed by atoms with E-state index in [1.54, 1.807) is 24.0 Å². The summed E-state index contributed by atoms with van der Waals surface area (Å²) in [6, 6.07) is 9.12. The molecule has 0 saturated carbocycles. The van der Waals surface area contributed by atoms with Crippen LogP contribution in [0.15, 0.2) is 36.5 Å². The fourth-order valence-corrected chi connectivity index (χ4v) is 2.16. The number of aryl methyl sites for hydroxylation is 2. The fourth-order valence-electron chi connectivity index (χ4n) is 2.16. The molecular weight excluding hydrogens is 280 g/mol. The van der Waals surface area contributed by atoms with Gasteiger partial charge in [-0.3, -0.25) is 14.3 Å². The Labute approximate surface area is 129 Å². The number of aromatic nitrogens is 2. The molecule has 1 aromatic carbocycles. The third kappa shape index (κ3) is 4.44. The van der Waals surface area contributed by atoms with Gasteiger partial charge in [0.25, 0.3) is 0 Å². The molecule has 6 nitrogen and oxygen atoms in total. The maximum atomic E-state index is 12.1. The van der Waals surface area contributed by atoms with E-state index in [9.17, 15) is 9.59 Å². The van der Waals surface area contributed by atoms with E-state index in [0.29, 0.717) is 5.82 Å². The van der Waals surface area contributed by atoms with Crippen LogP contribution in [-0.4, -0.2) is 21.6 Å². The minimum absolute atomic E-state index is 0.152. The Morgan fingerprint density at radius 1 is 1.23 bits per heavy atom. The monoisotopic (exact) mass is 300 g/mol. The standard InChI is InChI=1S/C16H20N4O2/c1-11-4-6-13(7-5-11)14(17-12(2)21)10-16(22)18-15-8-9-20(3)19-15/h4-9,14H,10H2,1-3H3,(H,17,21)(H,18,19,22). The molecule has 22 heavy (non-hydrogen) atoms. The molecular formula is C16H20N4O2. The Kier molecular flexibility index (Phi) is 4.93. The molecule has 2 N–H and O–H groups in total. The molecule has 1 atom stereocenters. The SMILES string of the molecule is CC(=O)NC(CC(=O)Nc1ccn(C)n1)c1ccc(C)cc1. The minimum Gasteiger partial charge on any atom is -0.349 e. The van der Waals surface area contributed by atoms with Crippen molar-refractivity contribution < 1.29 is 9.59 Å². The molecule has 2 aromatic rings. The maximum Gasteiger partial charge on any atom is 0.227 e. The van der Waals surface area contributed by atoms with E-state index in [0.717, 1.165) is 11.1 Å². The number of amides is 2. The van der Waals surface area contributed by atoms with Crippen LogP contribution in [0.4, 0.5) is 5.82 Å². The average Bonchev–Trinajstić information content (AvgIpc) is 2.83. The van der Waals surface area contributed by atoms with Gasteiger partial charge in [0.15, 0.2) is 5.82 Å². The number of anilines is 1. The number of carbonyl (C=O) groups is 2. The number of hydrogen-bond donors (Lipinski definition) is 2. The normalized spacial score (nSPS) is 11.8. The number of hydrogen-bond acceptors (Lipinski definition) is 3. The van der Waals surface area contributed by atoms with Gasteiger partial charge in [-0.15, -0.1) is 0 Å². The third-order valence-corrected chi connectivity index (χ3v) is 3.23. The van der Waals surface area contributed by atoms with Crippen LogP contribution in [0.1, 0.15) is 30.5 Å². The van der Waals surface area contributed by atoms with E-state index in [4.69, 9.17) is 0 Å². The van der Waals surface area contributed by atoms with Crippen LogP contribution in [0.5, 0.6) is 0 Å². The molecule has 6 heteroatoms. The van der Waals surface area contributed by atoms with Crippen LogP contribution in [0, 0.1) is 6.92 Å². The van der Waals surface area contributed by atoms with Crippen LogP contribution in [0.3, 0.4) is 0 Å². The van der Waals surface area contributed by atoms with Crippen LogP contribution >= 0.6 is 0 Å².